The summed E-state index contributed by atoms with van der Waals surface area (Å²) < 4.78 is 0. The first kappa shape index (κ1) is 19.8. The monoisotopic (exact) mass is 373 g/mol. The molecule has 2 aromatic rings. The summed E-state index contributed by atoms with van der Waals surface area (Å²) in [7, 11) is 0. The standard InChI is InChI=1S/C18H19N3O6/c1-2-3-7-12-19(18(22)14-8-5-4-6-9-14)27-17-11-10-15(20(23)24)13-16(17)21(25)26/h4-6,8-11,13H,2-3,7,12H2,1H3. The molecule has 0 heterocycles. The van der Waals surface area contributed by atoms with Gasteiger partial charge in [0.05, 0.1) is 22.5 Å². The molecular weight excluding hydrogens is 354 g/mol. The average molecular weight is 373 g/mol. The number of hydrogen-bond donors (Lipinski definition) is 0. The number of unbranched alkanes of at least 4 members (excludes halogenated alkanes) is 2. The zero-order valence-electron chi connectivity index (χ0n) is 14.7. The van der Waals surface area contributed by atoms with Gasteiger partial charge in [0, 0.05) is 11.6 Å². The van der Waals surface area contributed by atoms with E-state index in [1.165, 1.54) is 0 Å². The summed E-state index contributed by atoms with van der Waals surface area (Å²) in [5.74, 6) is -0.675. The van der Waals surface area contributed by atoms with Crippen LogP contribution in [0.1, 0.15) is 36.5 Å². The van der Waals surface area contributed by atoms with Crippen molar-refractivity contribution in [3.8, 4) is 5.75 Å². The summed E-state index contributed by atoms with van der Waals surface area (Å²) in [5, 5.41) is 23.2. The summed E-state index contributed by atoms with van der Waals surface area (Å²) in [6, 6.07) is 11.4. The lowest BCUT2D eigenvalue weighted by atomic mass is 10.2. The fraction of sp³-hybridized carbons (Fsp3) is 0.278. The largest absolute Gasteiger partial charge is 0.369 e. The highest BCUT2D eigenvalue weighted by Gasteiger charge is 2.25. The molecule has 0 aliphatic carbocycles. The maximum absolute atomic E-state index is 12.7. The van der Waals surface area contributed by atoms with Crippen LogP contribution in [-0.4, -0.2) is 27.4 Å². The molecule has 0 aliphatic heterocycles. The normalized spacial score (nSPS) is 10.3. The smallest absolute Gasteiger partial charge is 0.321 e. The third-order valence-corrected chi connectivity index (χ3v) is 3.77. The van der Waals surface area contributed by atoms with Crippen molar-refractivity contribution >= 4 is 17.3 Å². The summed E-state index contributed by atoms with van der Waals surface area (Å²) in [6.07, 6.45) is 2.42. The van der Waals surface area contributed by atoms with E-state index in [9.17, 15) is 25.0 Å². The Morgan fingerprint density at radius 1 is 1.04 bits per heavy atom. The van der Waals surface area contributed by atoms with Gasteiger partial charge in [0.15, 0.2) is 0 Å². The van der Waals surface area contributed by atoms with E-state index in [0.29, 0.717) is 12.0 Å². The van der Waals surface area contributed by atoms with Gasteiger partial charge in [0.2, 0.25) is 5.75 Å². The number of rotatable bonds is 9. The van der Waals surface area contributed by atoms with Crippen molar-refractivity contribution in [2.45, 2.75) is 26.2 Å². The van der Waals surface area contributed by atoms with Crippen LogP contribution in [0.2, 0.25) is 0 Å². The van der Waals surface area contributed by atoms with E-state index < -0.39 is 27.1 Å². The average Bonchev–Trinajstić information content (AvgIpc) is 2.67. The second kappa shape index (κ2) is 9.27. The molecule has 0 saturated carbocycles. The van der Waals surface area contributed by atoms with Gasteiger partial charge in [-0.2, -0.15) is 5.06 Å². The third-order valence-electron chi connectivity index (χ3n) is 3.77. The molecule has 0 aromatic heterocycles. The Morgan fingerprint density at radius 2 is 1.74 bits per heavy atom. The van der Waals surface area contributed by atoms with Gasteiger partial charge < -0.3 is 4.84 Å². The number of nitrogens with zero attached hydrogens (tertiary/aromatic N) is 3. The number of benzene rings is 2. The molecule has 0 aliphatic rings. The highest BCUT2D eigenvalue weighted by molar-refractivity contribution is 5.93. The molecule has 9 heteroatoms. The highest BCUT2D eigenvalue weighted by atomic mass is 16.7. The molecule has 1 amide bonds. The van der Waals surface area contributed by atoms with Crippen molar-refractivity contribution in [1.82, 2.24) is 5.06 Å². The van der Waals surface area contributed by atoms with Crippen LogP contribution >= 0.6 is 0 Å². The lowest BCUT2D eigenvalue weighted by Gasteiger charge is -2.22. The summed E-state index contributed by atoms with van der Waals surface area (Å²) in [4.78, 5) is 38.9. The van der Waals surface area contributed by atoms with E-state index >= 15 is 0 Å². The molecule has 27 heavy (non-hydrogen) atoms. The van der Waals surface area contributed by atoms with Crippen LogP contribution in [-0.2, 0) is 0 Å². The van der Waals surface area contributed by atoms with Crippen molar-refractivity contribution in [3.63, 3.8) is 0 Å². The predicted octanol–water partition coefficient (Wildman–Crippen LogP) is 4.13. The Bertz CT molecular complexity index is 825. The van der Waals surface area contributed by atoms with E-state index in [0.717, 1.165) is 36.1 Å². The molecule has 0 fully saturated rings. The van der Waals surface area contributed by atoms with E-state index in [4.69, 9.17) is 4.84 Å². The van der Waals surface area contributed by atoms with Gasteiger partial charge in [0.25, 0.3) is 11.6 Å². The molecule has 0 atom stereocenters. The quantitative estimate of drug-likeness (QED) is 0.371. The molecule has 0 unspecified atom stereocenters. The van der Waals surface area contributed by atoms with E-state index in [1.807, 2.05) is 6.92 Å². The zero-order valence-corrected chi connectivity index (χ0v) is 14.7. The van der Waals surface area contributed by atoms with Gasteiger partial charge in [-0.25, -0.2) is 0 Å². The number of carbonyl (C=O) groups is 1. The van der Waals surface area contributed by atoms with E-state index in [1.54, 1.807) is 30.3 Å². The molecule has 2 aromatic carbocycles. The minimum atomic E-state index is -0.778. The Labute approximate surface area is 155 Å². The zero-order chi connectivity index (χ0) is 19.8. The molecule has 2 rings (SSSR count). The first-order chi connectivity index (χ1) is 12.9. The first-order valence-electron chi connectivity index (χ1n) is 8.41. The van der Waals surface area contributed by atoms with Gasteiger partial charge in [0.1, 0.15) is 0 Å². The van der Waals surface area contributed by atoms with Crippen LogP contribution in [0.4, 0.5) is 11.4 Å². The molecule has 0 bridgehead atoms. The van der Waals surface area contributed by atoms with Gasteiger partial charge in [-0.3, -0.25) is 25.0 Å². The van der Waals surface area contributed by atoms with Crippen molar-refractivity contribution < 1.29 is 19.5 Å². The maximum Gasteiger partial charge on any atom is 0.321 e. The Morgan fingerprint density at radius 3 is 2.33 bits per heavy atom. The number of hydroxylamine groups is 2. The van der Waals surface area contributed by atoms with Crippen LogP contribution in [0, 0.1) is 20.2 Å². The number of amides is 1. The fourth-order valence-corrected chi connectivity index (χ4v) is 2.38. The topological polar surface area (TPSA) is 116 Å². The lowest BCUT2D eigenvalue weighted by Crippen LogP contribution is -2.35. The number of nitro benzene ring substituents is 2. The summed E-state index contributed by atoms with van der Waals surface area (Å²) in [6.45, 7) is 2.24. The first-order valence-corrected chi connectivity index (χ1v) is 8.41. The van der Waals surface area contributed by atoms with Gasteiger partial charge in [-0.1, -0.05) is 38.0 Å². The van der Waals surface area contributed by atoms with E-state index in [2.05, 4.69) is 0 Å². The van der Waals surface area contributed by atoms with Crippen molar-refractivity contribution in [2.24, 2.45) is 0 Å². The molecule has 9 nitrogen and oxygen atoms in total. The summed E-state index contributed by atoms with van der Waals surface area (Å²) >= 11 is 0. The molecule has 142 valence electrons. The SMILES string of the molecule is CCCCCN(Oc1ccc([N+](=O)[O-])cc1[N+](=O)[O-])C(=O)c1ccccc1. The maximum atomic E-state index is 12.7. The van der Waals surface area contributed by atoms with Crippen LogP contribution in [0.15, 0.2) is 48.5 Å². The minimum Gasteiger partial charge on any atom is -0.369 e. The third kappa shape index (κ3) is 5.24. The molecule has 0 radical (unpaired) electrons. The Balaban J connectivity index is 2.32. The van der Waals surface area contributed by atoms with Gasteiger partial charge >= 0.3 is 5.69 Å². The summed E-state index contributed by atoms with van der Waals surface area (Å²) in [5.41, 5.74) is -0.634. The van der Waals surface area contributed by atoms with Crippen molar-refractivity contribution in [1.29, 1.82) is 0 Å². The van der Waals surface area contributed by atoms with E-state index in [-0.39, 0.29) is 12.3 Å². The number of hydrogen-bond acceptors (Lipinski definition) is 6. The molecule has 0 saturated heterocycles. The van der Waals surface area contributed by atoms with Crippen LogP contribution < -0.4 is 4.84 Å². The van der Waals surface area contributed by atoms with Crippen LogP contribution in [0.5, 0.6) is 5.75 Å². The second-order valence-corrected chi connectivity index (χ2v) is 5.74. The van der Waals surface area contributed by atoms with Crippen LogP contribution in [0.25, 0.3) is 0 Å². The predicted molar refractivity (Wildman–Crippen MR) is 97.4 cm³/mol. The lowest BCUT2D eigenvalue weighted by molar-refractivity contribution is -0.395. The molecule has 0 spiro atoms. The second-order valence-electron chi connectivity index (χ2n) is 5.74. The number of nitro groups is 2. The molecule has 0 N–H and O–H groups in total. The number of non-ortho nitro benzene ring substituents is 1. The van der Waals surface area contributed by atoms with Crippen molar-refractivity contribution in [3.05, 3.63) is 74.3 Å². The van der Waals surface area contributed by atoms with Crippen LogP contribution in [0.3, 0.4) is 0 Å². The minimum absolute atomic E-state index is 0.230. The highest BCUT2D eigenvalue weighted by Crippen LogP contribution is 2.32. The van der Waals surface area contributed by atoms with Gasteiger partial charge in [-0.05, 0) is 24.6 Å². The number of carbonyl (C=O) groups excluding carboxylic acids is 1. The van der Waals surface area contributed by atoms with Crippen molar-refractivity contribution in [2.75, 3.05) is 6.54 Å². The fourth-order valence-electron chi connectivity index (χ4n) is 2.38. The van der Waals surface area contributed by atoms with Gasteiger partial charge in [-0.15, -0.1) is 0 Å². The molecular formula is C18H19N3O6. The Kier molecular flexibility index (Phi) is 6.81. The Hall–Kier alpha value is -3.49.